The molecule has 0 fully saturated rings. The third kappa shape index (κ3) is 8.06. The average Bonchev–Trinajstić information content (AvgIpc) is 2.82. The number of carbonyl (C=O) groups excluding carboxylic acids is 1. The molecule has 1 unspecified atom stereocenters. The lowest BCUT2D eigenvalue weighted by atomic mass is 9.92. The molecular weight excluding hydrogens is 477 g/mol. The van der Waals surface area contributed by atoms with Crippen LogP contribution in [0.15, 0.2) is 48.5 Å². The highest BCUT2D eigenvalue weighted by atomic mass is 19.1. The van der Waals surface area contributed by atoms with Crippen LogP contribution in [0, 0.1) is 41.6 Å². The van der Waals surface area contributed by atoms with Gasteiger partial charge in [0.05, 0.1) is 11.3 Å². The van der Waals surface area contributed by atoms with Gasteiger partial charge in [-0.1, -0.05) is 42.5 Å². The molecule has 14 nitrogen and oxygen atoms in total. The second-order valence-electron chi connectivity index (χ2n) is 7.43. The van der Waals surface area contributed by atoms with Gasteiger partial charge in [0.1, 0.15) is 32.2 Å². The highest BCUT2D eigenvalue weighted by molar-refractivity contribution is 5.78. The normalized spacial score (nSPS) is 11.7. The van der Waals surface area contributed by atoms with Crippen molar-refractivity contribution in [1.29, 1.82) is 0 Å². The van der Waals surface area contributed by atoms with E-state index in [-0.39, 0.29) is 5.56 Å². The van der Waals surface area contributed by atoms with Crippen molar-refractivity contribution in [3.63, 3.8) is 0 Å². The fraction of sp³-hybridized carbons (Fsp3) is 0.350. The van der Waals surface area contributed by atoms with E-state index in [0.29, 0.717) is 11.1 Å². The largest absolute Gasteiger partial charge is 0.464 e. The molecule has 0 saturated heterocycles. The van der Waals surface area contributed by atoms with Crippen molar-refractivity contribution >= 4 is 5.97 Å². The Kier molecular flexibility index (Phi) is 9.19. The van der Waals surface area contributed by atoms with Gasteiger partial charge in [-0.05, 0) is 24.1 Å². The molecule has 15 heteroatoms. The van der Waals surface area contributed by atoms with Crippen LogP contribution in [0.4, 0.5) is 4.39 Å². The van der Waals surface area contributed by atoms with Crippen molar-refractivity contribution in [3.05, 3.63) is 90.3 Å². The fourth-order valence-electron chi connectivity index (χ4n) is 2.96. The van der Waals surface area contributed by atoms with E-state index < -0.39 is 64.8 Å². The van der Waals surface area contributed by atoms with E-state index in [2.05, 4.69) is 14.5 Å². The van der Waals surface area contributed by atoms with E-state index >= 15 is 0 Å². The minimum atomic E-state index is -1.98. The van der Waals surface area contributed by atoms with Crippen LogP contribution in [-0.2, 0) is 24.0 Å². The summed E-state index contributed by atoms with van der Waals surface area (Å²) in [6.07, 6.45) is 0. The van der Waals surface area contributed by atoms with Crippen molar-refractivity contribution in [3.8, 4) is 11.1 Å². The molecule has 2 aromatic carbocycles. The summed E-state index contributed by atoms with van der Waals surface area (Å²) < 4.78 is 19.8. The van der Waals surface area contributed by atoms with Crippen LogP contribution in [0.25, 0.3) is 11.1 Å². The van der Waals surface area contributed by atoms with Crippen molar-refractivity contribution in [2.75, 3.05) is 26.4 Å². The summed E-state index contributed by atoms with van der Waals surface area (Å²) in [5.74, 6) is -2.57. The van der Waals surface area contributed by atoms with E-state index in [9.17, 15) is 39.5 Å². The Morgan fingerprint density at radius 1 is 0.886 bits per heavy atom. The van der Waals surface area contributed by atoms with Gasteiger partial charge in [-0.15, -0.1) is 30.3 Å². The molecule has 2 aromatic rings. The molecule has 0 saturated carbocycles. The van der Waals surface area contributed by atoms with Gasteiger partial charge in [-0.2, -0.15) is 0 Å². The lowest BCUT2D eigenvalue weighted by Gasteiger charge is -2.30. The van der Waals surface area contributed by atoms with Gasteiger partial charge in [0.15, 0.2) is 0 Å². The molecule has 0 aliphatic carbocycles. The second kappa shape index (κ2) is 12.1. The maximum atomic E-state index is 14.7. The van der Waals surface area contributed by atoms with Crippen LogP contribution in [0.5, 0.6) is 0 Å². The van der Waals surface area contributed by atoms with Crippen LogP contribution in [-0.4, -0.2) is 47.7 Å². The number of hydrogen-bond donors (Lipinski definition) is 0. The average molecular weight is 497 g/mol. The summed E-state index contributed by atoms with van der Waals surface area (Å²) in [6.45, 7) is -2.39. The molecule has 188 valence electrons. The lowest BCUT2D eigenvalue weighted by Crippen LogP contribution is -2.44. The first-order valence-electron chi connectivity index (χ1n) is 9.86. The number of benzene rings is 2. The molecule has 0 bridgehead atoms. The number of rotatable bonds is 14. The van der Waals surface area contributed by atoms with Crippen molar-refractivity contribution in [1.82, 2.24) is 0 Å². The summed E-state index contributed by atoms with van der Waals surface area (Å²) in [5, 5.41) is 28.1. The number of carbonyl (C=O) groups is 1. The Bertz CT molecular complexity index is 1020. The quantitative estimate of drug-likeness (QED) is 0.212. The molecule has 0 N–H and O–H groups in total. The predicted molar refractivity (Wildman–Crippen MR) is 112 cm³/mol. The van der Waals surface area contributed by atoms with E-state index in [1.165, 1.54) is 19.1 Å². The number of hydrogen-bond acceptors (Lipinski definition) is 11. The maximum Gasteiger partial charge on any atom is 0.313 e. The molecule has 0 aliphatic rings. The van der Waals surface area contributed by atoms with Crippen molar-refractivity contribution in [2.45, 2.75) is 12.8 Å². The first kappa shape index (κ1) is 26.7. The monoisotopic (exact) mass is 497 g/mol. The predicted octanol–water partition coefficient (Wildman–Crippen LogP) is 2.75. The van der Waals surface area contributed by atoms with Crippen LogP contribution in [0.2, 0.25) is 0 Å². The zero-order valence-corrected chi connectivity index (χ0v) is 18.2. The van der Waals surface area contributed by atoms with Gasteiger partial charge in [0.2, 0.25) is 0 Å². The Morgan fingerprint density at radius 2 is 1.40 bits per heavy atom. The minimum Gasteiger partial charge on any atom is -0.464 e. The van der Waals surface area contributed by atoms with Crippen molar-refractivity contribution in [2.24, 2.45) is 5.41 Å². The van der Waals surface area contributed by atoms with Gasteiger partial charge >= 0.3 is 5.97 Å². The topological polar surface area (TPSA) is 183 Å². The number of ether oxygens (including phenoxy) is 1. The standard InChI is InChI=1S/C20H20FN3O11/c1-14(16-7-8-17(18(21)9-16)15-5-3-2-4-6-15)19(25)32-10-20(11-33-22(26)27,12-34-23(28)29)13-35-24(30)31/h2-9,14H,10-13H2,1H3. The van der Waals surface area contributed by atoms with Gasteiger partial charge < -0.3 is 19.2 Å². The SMILES string of the molecule is CC(C(=O)OCC(CO[N+](=O)[O-])(CO[N+](=O)[O-])CO[N+](=O)[O-])c1ccc(-c2ccccc2)c(F)c1. The Balaban J connectivity index is 2.18. The third-order valence-corrected chi connectivity index (χ3v) is 4.88. The summed E-state index contributed by atoms with van der Waals surface area (Å²) in [6, 6.07) is 12.8. The van der Waals surface area contributed by atoms with Crippen LogP contribution in [0.1, 0.15) is 18.4 Å². The molecule has 0 radical (unpaired) electrons. The van der Waals surface area contributed by atoms with Crippen molar-refractivity contribution < 1.29 is 43.7 Å². The first-order valence-corrected chi connectivity index (χ1v) is 9.86. The van der Waals surface area contributed by atoms with Crippen LogP contribution in [0.3, 0.4) is 0 Å². The number of halogens is 1. The molecule has 35 heavy (non-hydrogen) atoms. The van der Waals surface area contributed by atoms with Crippen LogP contribution >= 0.6 is 0 Å². The number of esters is 1. The molecule has 0 aromatic heterocycles. The zero-order valence-electron chi connectivity index (χ0n) is 18.2. The minimum absolute atomic E-state index is 0.238. The van der Waals surface area contributed by atoms with E-state index in [0.717, 1.165) is 6.07 Å². The molecule has 0 amide bonds. The highest BCUT2D eigenvalue weighted by Gasteiger charge is 2.38. The van der Waals surface area contributed by atoms with Gasteiger partial charge in [-0.3, -0.25) is 4.79 Å². The summed E-state index contributed by atoms with van der Waals surface area (Å²) in [4.78, 5) is 57.0. The summed E-state index contributed by atoms with van der Waals surface area (Å²) >= 11 is 0. The van der Waals surface area contributed by atoms with E-state index in [1.807, 2.05) is 0 Å². The molecule has 0 heterocycles. The summed E-state index contributed by atoms with van der Waals surface area (Å²) in [7, 11) is 0. The maximum absolute atomic E-state index is 14.7. The first-order chi connectivity index (χ1) is 16.5. The fourth-order valence-corrected chi connectivity index (χ4v) is 2.96. The second-order valence-corrected chi connectivity index (χ2v) is 7.43. The molecule has 0 aliphatic heterocycles. The highest BCUT2D eigenvalue weighted by Crippen LogP contribution is 2.28. The van der Waals surface area contributed by atoms with E-state index in [4.69, 9.17) is 4.74 Å². The van der Waals surface area contributed by atoms with Crippen LogP contribution < -0.4 is 0 Å². The third-order valence-electron chi connectivity index (χ3n) is 4.88. The Labute approximate surface area is 196 Å². The Hall–Kier alpha value is -4.56. The lowest BCUT2D eigenvalue weighted by molar-refractivity contribution is -0.782. The number of nitrogens with zero attached hydrogens (tertiary/aromatic N) is 3. The Morgan fingerprint density at radius 3 is 1.86 bits per heavy atom. The van der Waals surface area contributed by atoms with Gasteiger partial charge in [-0.25, -0.2) is 4.39 Å². The van der Waals surface area contributed by atoms with Gasteiger partial charge in [0.25, 0.3) is 15.3 Å². The molecular formula is C20H20FN3O11. The zero-order chi connectivity index (χ0) is 26.0. The molecule has 0 spiro atoms. The molecule has 1 atom stereocenters. The summed E-state index contributed by atoms with van der Waals surface area (Å²) in [5.41, 5.74) is -0.813. The van der Waals surface area contributed by atoms with Gasteiger partial charge in [0, 0.05) is 5.56 Å². The smallest absolute Gasteiger partial charge is 0.313 e. The molecule has 2 rings (SSSR count). The van der Waals surface area contributed by atoms with E-state index in [1.54, 1.807) is 30.3 Å².